The molecule has 0 radical (unpaired) electrons. The maximum atomic E-state index is 14.1. The molecule has 0 aliphatic carbocycles. The molecule has 2 heterocycles. The average Bonchev–Trinajstić information content (AvgIpc) is 2.87. The first-order valence-corrected chi connectivity index (χ1v) is 7.67. The predicted octanol–water partition coefficient (Wildman–Crippen LogP) is 4.05. The second-order valence-corrected chi connectivity index (χ2v) is 6.85. The molecule has 0 saturated carbocycles. The van der Waals surface area contributed by atoms with Crippen LogP contribution in [0.1, 0.15) is 40.5 Å². The summed E-state index contributed by atoms with van der Waals surface area (Å²) in [6, 6.07) is 0.935. The van der Waals surface area contributed by atoms with Gasteiger partial charge in [-0.3, -0.25) is 0 Å². The fraction of sp³-hybridized carbons (Fsp3) is 0.688. The van der Waals surface area contributed by atoms with Crippen LogP contribution >= 0.6 is 0 Å². The van der Waals surface area contributed by atoms with E-state index in [4.69, 9.17) is 0 Å². The summed E-state index contributed by atoms with van der Waals surface area (Å²) in [5.41, 5.74) is 0.189. The summed E-state index contributed by atoms with van der Waals surface area (Å²) in [5, 5.41) is 2.92. The van der Waals surface area contributed by atoms with Crippen LogP contribution in [0.2, 0.25) is 0 Å². The van der Waals surface area contributed by atoms with Gasteiger partial charge in [0.15, 0.2) is 23.3 Å². The van der Waals surface area contributed by atoms with E-state index in [0.29, 0.717) is 12.5 Å². The van der Waals surface area contributed by atoms with Gasteiger partial charge in [0.25, 0.3) is 0 Å². The van der Waals surface area contributed by atoms with Gasteiger partial charge in [0.1, 0.15) is 0 Å². The molecule has 1 N–H and O–H groups in total. The van der Waals surface area contributed by atoms with E-state index in [0.717, 1.165) is 32.0 Å². The summed E-state index contributed by atoms with van der Waals surface area (Å²) in [6.45, 7) is 10.7. The normalized spacial score (nSPS) is 19.1. The molecule has 118 valence electrons. The topological polar surface area (TPSA) is 28.2 Å². The highest BCUT2D eigenvalue weighted by Gasteiger charge is 2.33. The quantitative estimate of drug-likeness (QED) is 0.908. The highest BCUT2D eigenvalue weighted by atomic mass is 19.1. The molecule has 0 aromatic carbocycles. The maximum Gasteiger partial charge on any atom is 0.168 e. The third kappa shape index (κ3) is 3.63. The molecule has 1 aromatic heterocycles. The van der Waals surface area contributed by atoms with Crippen LogP contribution in [-0.2, 0) is 0 Å². The van der Waals surface area contributed by atoms with Gasteiger partial charge >= 0.3 is 0 Å². The molecule has 0 bridgehead atoms. The van der Waals surface area contributed by atoms with Gasteiger partial charge in [-0.25, -0.2) is 13.8 Å². The van der Waals surface area contributed by atoms with E-state index in [2.05, 4.69) is 31.1 Å². The number of nitrogens with one attached hydrogen (secondary N) is 1. The molecule has 5 heteroatoms. The Morgan fingerprint density at radius 3 is 2.62 bits per heavy atom. The summed E-state index contributed by atoms with van der Waals surface area (Å²) in [4.78, 5) is 6.11. The Kier molecular flexibility index (Phi) is 4.69. The van der Waals surface area contributed by atoms with Crippen molar-refractivity contribution in [1.82, 2.24) is 4.98 Å². The van der Waals surface area contributed by atoms with E-state index in [1.165, 1.54) is 0 Å². The summed E-state index contributed by atoms with van der Waals surface area (Å²) in [6.07, 6.45) is 1.88. The van der Waals surface area contributed by atoms with E-state index in [9.17, 15) is 8.78 Å². The van der Waals surface area contributed by atoms with Crippen LogP contribution in [-0.4, -0.2) is 24.6 Å². The number of aromatic nitrogens is 1. The Labute approximate surface area is 125 Å². The van der Waals surface area contributed by atoms with Crippen LogP contribution in [0.5, 0.6) is 0 Å². The zero-order valence-electron chi connectivity index (χ0n) is 13.3. The van der Waals surface area contributed by atoms with Crippen molar-refractivity contribution < 1.29 is 8.78 Å². The minimum absolute atomic E-state index is 0.146. The molecular formula is C16H25F2N3. The molecule has 1 fully saturated rings. The zero-order chi connectivity index (χ0) is 15.6. The number of rotatable bonds is 4. The van der Waals surface area contributed by atoms with Gasteiger partial charge in [-0.15, -0.1) is 0 Å². The standard InChI is InChI=1S/C16H25F2N3/c1-5-7-19-14-12(17)9-13(18)15(20-14)21-8-6-11(10-21)16(2,3)4/h9,11H,5-8,10H2,1-4H3,(H,19,20). The molecule has 0 amide bonds. The van der Waals surface area contributed by atoms with Crippen molar-refractivity contribution in [3.05, 3.63) is 17.7 Å². The molecule has 1 unspecified atom stereocenters. The first-order chi connectivity index (χ1) is 9.82. The Morgan fingerprint density at radius 2 is 2.05 bits per heavy atom. The molecule has 1 aromatic rings. The monoisotopic (exact) mass is 297 g/mol. The van der Waals surface area contributed by atoms with Crippen LogP contribution in [0.15, 0.2) is 6.07 Å². The van der Waals surface area contributed by atoms with E-state index < -0.39 is 11.6 Å². The minimum atomic E-state index is -0.628. The van der Waals surface area contributed by atoms with Crippen molar-refractivity contribution in [3.63, 3.8) is 0 Å². The van der Waals surface area contributed by atoms with Crippen molar-refractivity contribution in [3.8, 4) is 0 Å². The zero-order valence-corrected chi connectivity index (χ0v) is 13.3. The SMILES string of the molecule is CCCNc1nc(N2CCC(C(C)(C)C)C2)c(F)cc1F. The lowest BCUT2D eigenvalue weighted by atomic mass is 9.80. The second-order valence-electron chi connectivity index (χ2n) is 6.85. The maximum absolute atomic E-state index is 14.1. The number of halogens is 2. The molecule has 1 atom stereocenters. The highest BCUT2D eigenvalue weighted by Crippen LogP contribution is 2.36. The van der Waals surface area contributed by atoms with Gasteiger partial charge in [0.2, 0.25) is 0 Å². The predicted molar refractivity (Wildman–Crippen MR) is 82.7 cm³/mol. The van der Waals surface area contributed by atoms with E-state index in [1.807, 2.05) is 11.8 Å². The van der Waals surface area contributed by atoms with Gasteiger partial charge in [-0.05, 0) is 24.2 Å². The summed E-state index contributed by atoms with van der Waals surface area (Å²) in [5.74, 6) is -0.301. The van der Waals surface area contributed by atoms with Crippen molar-refractivity contribution in [1.29, 1.82) is 0 Å². The van der Waals surface area contributed by atoms with Gasteiger partial charge in [-0.2, -0.15) is 0 Å². The molecule has 0 spiro atoms. The molecular weight excluding hydrogens is 272 g/mol. The van der Waals surface area contributed by atoms with Crippen molar-refractivity contribution in [2.45, 2.75) is 40.5 Å². The summed E-state index contributed by atoms with van der Waals surface area (Å²) >= 11 is 0. The average molecular weight is 297 g/mol. The number of hydrogen-bond donors (Lipinski definition) is 1. The number of hydrogen-bond acceptors (Lipinski definition) is 3. The lowest BCUT2D eigenvalue weighted by Crippen LogP contribution is -2.27. The molecule has 2 rings (SSSR count). The Balaban J connectivity index is 2.20. The van der Waals surface area contributed by atoms with E-state index >= 15 is 0 Å². The third-order valence-corrected chi connectivity index (χ3v) is 4.17. The molecule has 3 nitrogen and oxygen atoms in total. The lowest BCUT2D eigenvalue weighted by Gasteiger charge is -2.27. The molecule has 1 saturated heterocycles. The summed E-state index contributed by atoms with van der Waals surface area (Å²) in [7, 11) is 0. The van der Waals surface area contributed by atoms with Crippen LogP contribution in [0.25, 0.3) is 0 Å². The second kappa shape index (κ2) is 6.16. The fourth-order valence-electron chi connectivity index (χ4n) is 2.71. The first-order valence-electron chi connectivity index (χ1n) is 7.67. The van der Waals surface area contributed by atoms with Crippen LogP contribution in [0, 0.1) is 23.0 Å². The number of pyridine rings is 1. The third-order valence-electron chi connectivity index (χ3n) is 4.17. The van der Waals surface area contributed by atoms with Crippen LogP contribution < -0.4 is 10.2 Å². The number of anilines is 2. The van der Waals surface area contributed by atoms with Crippen LogP contribution in [0.4, 0.5) is 20.4 Å². The minimum Gasteiger partial charge on any atom is -0.368 e. The Bertz CT molecular complexity index is 497. The van der Waals surface area contributed by atoms with Crippen LogP contribution in [0.3, 0.4) is 0 Å². The van der Waals surface area contributed by atoms with Gasteiger partial charge in [-0.1, -0.05) is 27.7 Å². The van der Waals surface area contributed by atoms with Gasteiger partial charge < -0.3 is 10.2 Å². The van der Waals surface area contributed by atoms with Gasteiger partial charge in [0, 0.05) is 25.7 Å². The Hall–Kier alpha value is -1.39. The first kappa shape index (κ1) is 16.0. The smallest absolute Gasteiger partial charge is 0.168 e. The highest BCUT2D eigenvalue weighted by molar-refractivity contribution is 5.50. The van der Waals surface area contributed by atoms with E-state index in [-0.39, 0.29) is 17.1 Å². The largest absolute Gasteiger partial charge is 0.368 e. The van der Waals surface area contributed by atoms with Gasteiger partial charge in [0.05, 0.1) is 0 Å². The fourth-order valence-corrected chi connectivity index (χ4v) is 2.71. The van der Waals surface area contributed by atoms with E-state index in [1.54, 1.807) is 0 Å². The van der Waals surface area contributed by atoms with Crippen molar-refractivity contribution in [2.24, 2.45) is 11.3 Å². The summed E-state index contributed by atoms with van der Waals surface area (Å²) < 4.78 is 27.8. The molecule has 1 aliphatic rings. The molecule has 21 heavy (non-hydrogen) atoms. The molecule has 1 aliphatic heterocycles. The Morgan fingerprint density at radius 1 is 1.33 bits per heavy atom. The van der Waals surface area contributed by atoms with Crippen molar-refractivity contribution >= 4 is 11.6 Å². The lowest BCUT2D eigenvalue weighted by molar-refractivity contribution is 0.263. The van der Waals surface area contributed by atoms with Crippen molar-refractivity contribution in [2.75, 3.05) is 29.9 Å². The number of nitrogens with zero attached hydrogens (tertiary/aromatic N) is 2.